The second kappa shape index (κ2) is 9.08. The van der Waals surface area contributed by atoms with Crippen LogP contribution in [-0.2, 0) is 17.1 Å². The quantitative estimate of drug-likeness (QED) is 0.288. The average molecular weight is 518 g/mol. The van der Waals surface area contributed by atoms with E-state index in [1.807, 2.05) is 12.3 Å². The fraction of sp³-hybridized carbons (Fsp3) is 0.143. The first-order chi connectivity index (χ1) is 16.1. The maximum absolute atomic E-state index is 13.1. The van der Waals surface area contributed by atoms with E-state index in [2.05, 4.69) is 9.71 Å². The Morgan fingerprint density at radius 2 is 1.85 bits per heavy atom. The zero-order valence-corrected chi connectivity index (χ0v) is 20.7. The maximum Gasteiger partial charge on any atom is 0.296 e. The van der Waals surface area contributed by atoms with E-state index in [1.165, 1.54) is 32.8 Å². The van der Waals surface area contributed by atoms with Crippen molar-refractivity contribution in [1.82, 2.24) is 14.3 Å². The molecule has 0 fully saturated rings. The van der Waals surface area contributed by atoms with E-state index in [1.54, 1.807) is 44.3 Å². The lowest BCUT2D eigenvalue weighted by molar-refractivity contribution is -0.388. The predicted molar refractivity (Wildman–Crippen MR) is 131 cm³/mol. The van der Waals surface area contributed by atoms with Crippen LogP contribution in [0.15, 0.2) is 72.8 Å². The molecule has 1 N–H and O–H groups in total. The van der Waals surface area contributed by atoms with Gasteiger partial charge in [0.15, 0.2) is 4.34 Å². The molecule has 13 heteroatoms. The summed E-state index contributed by atoms with van der Waals surface area (Å²) in [4.78, 5) is 28.3. The molecule has 0 spiro atoms. The highest BCUT2D eigenvalue weighted by molar-refractivity contribution is 8.01. The van der Waals surface area contributed by atoms with Crippen LogP contribution in [0.3, 0.4) is 0 Å². The van der Waals surface area contributed by atoms with Crippen LogP contribution in [0.1, 0.15) is 11.4 Å². The van der Waals surface area contributed by atoms with E-state index < -0.39 is 20.5 Å². The molecule has 176 valence electrons. The van der Waals surface area contributed by atoms with Crippen molar-refractivity contribution in [1.29, 1.82) is 0 Å². The Hall–Kier alpha value is -3.42. The van der Waals surface area contributed by atoms with E-state index in [9.17, 15) is 23.3 Å². The van der Waals surface area contributed by atoms with Crippen LogP contribution in [0.2, 0.25) is 0 Å². The molecule has 0 bridgehead atoms. The number of para-hydroxylation sites is 1. The molecule has 4 aromatic rings. The Bertz CT molecular complexity index is 1560. The third kappa shape index (κ3) is 4.49. The largest absolute Gasteiger partial charge is 0.296 e. The van der Waals surface area contributed by atoms with Crippen molar-refractivity contribution < 1.29 is 13.3 Å². The summed E-state index contributed by atoms with van der Waals surface area (Å²) in [5.41, 5.74) is 0.683. The lowest BCUT2D eigenvalue weighted by atomic mass is 10.3. The predicted octanol–water partition coefficient (Wildman–Crippen LogP) is 4.11. The van der Waals surface area contributed by atoms with E-state index in [-0.39, 0.29) is 21.2 Å². The number of aryl methyl sites for hydroxylation is 1. The first-order valence-electron chi connectivity index (χ1n) is 9.84. The number of anilines is 1. The molecule has 2 aromatic heterocycles. The third-order valence-electron chi connectivity index (χ3n) is 5.02. The Morgan fingerprint density at radius 1 is 1.15 bits per heavy atom. The Labute approximate surface area is 203 Å². The Kier molecular flexibility index (Phi) is 6.34. The van der Waals surface area contributed by atoms with Crippen molar-refractivity contribution >= 4 is 44.5 Å². The van der Waals surface area contributed by atoms with Gasteiger partial charge in [0.2, 0.25) is 0 Å². The minimum absolute atomic E-state index is 0.134. The van der Waals surface area contributed by atoms with Gasteiger partial charge in [-0.25, -0.2) is 18.1 Å². The summed E-state index contributed by atoms with van der Waals surface area (Å²) in [5, 5.41) is 13.5. The van der Waals surface area contributed by atoms with Crippen LogP contribution < -0.4 is 10.3 Å². The second-order valence-corrected chi connectivity index (χ2v) is 11.1. The van der Waals surface area contributed by atoms with Gasteiger partial charge in [0.1, 0.15) is 5.69 Å². The third-order valence-corrected chi connectivity index (χ3v) is 8.49. The van der Waals surface area contributed by atoms with Gasteiger partial charge in [-0.2, -0.15) is 0 Å². The molecule has 34 heavy (non-hydrogen) atoms. The lowest BCUT2D eigenvalue weighted by Gasteiger charge is -2.08. The Balaban J connectivity index is 1.71. The van der Waals surface area contributed by atoms with E-state index in [0.29, 0.717) is 15.7 Å². The SMILES string of the molecule is Cc1csc(Sc2ccc(S(=O)(=O)Nc3c(C)n(C)n(-c4ccccc4)c3=O)cc2[N+](=O)[O-])n1. The highest BCUT2D eigenvalue weighted by atomic mass is 32.2. The van der Waals surface area contributed by atoms with Crippen LogP contribution >= 0.6 is 23.1 Å². The fourth-order valence-electron chi connectivity index (χ4n) is 3.25. The molecule has 0 aliphatic rings. The number of aromatic nitrogens is 3. The summed E-state index contributed by atoms with van der Waals surface area (Å²) in [7, 11) is -2.65. The summed E-state index contributed by atoms with van der Waals surface area (Å²) < 4.78 is 32.0. The number of hydrogen-bond acceptors (Lipinski definition) is 8. The minimum atomic E-state index is -4.29. The molecule has 2 heterocycles. The van der Waals surface area contributed by atoms with Gasteiger partial charge >= 0.3 is 0 Å². The van der Waals surface area contributed by atoms with Crippen molar-refractivity contribution in [2.24, 2.45) is 7.05 Å². The molecule has 0 unspecified atom stereocenters. The van der Waals surface area contributed by atoms with Gasteiger partial charge in [0.05, 0.1) is 26.1 Å². The standard InChI is InChI=1S/C21H19N5O5S3/c1-13-12-32-21(22-13)33-18-10-9-16(11-17(18)26(28)29)34(30,31)23-19-14(2)24(3)25(20(19)27)15-7-5-4-6-8-15/h4-12,23H,1-3H3. The molecule has 0 aliphatic carbocycles. The van der Waals surface area contributed by atoms with Gasteiger partial charge in [-0.15, -0.1) is 11.3 Å². The van der Waals surface area contributed by atoms with Gasteiger partial charge < -0.3 is 0 Å². The molecular weight excluding hydrogens is 498 g/mol. The molecule has 0 atom stereocenters. The number of nitrogens with zero attached hydrogens (tertiary/aromatic N) is 4. The number of sulfonamides is 1. The van der Waals surface area contributed by atoms with E-state index >= 15 is 0 Å². The first-order valence-corrected chi connectivity index (χ1v) is 13.0. The minimum Gasteiger partial charge on any atom is -0.283 e. The average Bonchev–Trinajstić information content (AvgIpc) is 3.30. The topological polar surface area (TPSA) is 129 Å². The summed E-state index contributed by atoms with van der Waals surface area (Å²) in [6, 6.07) is 12.4. The number of thiazole rings is 1. The van der Waals surface area contributed by atoms with E-state index in [4.69, 9.17) is 0 Å². The fourth-order valence-corrected chi connectivity index (χ4v) is 6.26. The first kappa shape index (κ1) is 23.7. The molecule has 0 aliphatic heterocycles. The van der Waals surface area contributed by atoms with Gasteiger partial charge in [0.25, 0.3) is 21.3 Å². The second-order valence-electron chi connectivity index (χ2n) is 7.29. The van der Waals surface area contributed by atoms with Crippen LogP contribution in [-0.4, -0.2) is 27.7 Å². The van der Waals surface area contributed by atoms with Gasteiger partial charge in [0, 0.05) is 24.2 Å². The monoisotopic (exact) mass is 517 g/mol. The number of benzene rings is 2. The molecule has 0 saturated heterocycles. The number of nitrogens with one attached hydrogen (secondary N) is 1. The normalized spacial score (nSPS) is 11.5. The lowest BCUT2D eigenvalue weighted by Crippen LogP contribution is -2.23. The summed E-state index contributed by atoms with van der Waals surface area (Å²) in [6.07, 6.45) is 0. The van der Waals surface area contributed by atoms with Crippen LogP contribution in [0.4, 0.5) is 11.4 Å². The highest BCUT2D eigenvalue weighted by Crippen LogP contribution is 2.37. The van der Waals surface area contributed by atoms with Gasteiger partial charge in [-0.1, -0.05) is 30.0 Å². The number of rotatable bonds is 7. The molecular formula is C21H19N5O5S3. The maximum atomic E-state index is 13.1. The summed E-state index contributed by atoms with van der Waals surface area (Å²) in [6.45, 7) is 3.42. The van der Waals surface area contributed by atoms with E-state index in [0.717, 1.165) is 23.5 Å². The van der Waals surface area contributed by atoms with Crippen LogP contribution in [0, 0.1) is 24.0 Å². The highest BCUT2D eigenvalue weighted by Gasteiger charge is 2.26. The zero-order valence-electron chi connectivity index (χ0n) is 18.3. The van der Waals surface area contributed by atoms with Crippen molar-refractivity contribution in [2.75, 3.05) is 4.72 Å². The number of hydrogen-bond donors (Lipinski definition) is 1. The number of nitro groups is 1. The van der Waals surface area contributed by atoms with Crippen molar-refractivity contribution in [3.8, 4) is 5.69 Å². The van der Waals surface area contributed by atoms with Crippen LogP contribution in [0.5, 0.6) is 0 Å². The smallest absolute Gasteiger partial charge is 0.283 e. The van der Waals surface area contributed by atoms with Gasteiger partial charge in [-0.05, 0) is 38.1 Å². The Morgan fingerprint density at radius 3 is 2.47 bits per heavy atom. The van der Waals surface area contributed by atoms with Crippen molar-refractivity contribution in [3.63, 3.8) is 0 Å². The van der Waals surface area contributed by atoms with Crippen LogP contribution in [0.25, 0.3) is 5.69 Å². The molecule has 0 radical (unpaired) electrons. The summed E-state index contributed by atoms with van der Waals surface area (Å²) in [5.74, 6) is 0. The molecule has 10 nitrogen and oxygen atoms in total. The summed E-state index contributed by atoms with van der Waals surface area (Å²) >= 11 is 2.43. The zero-order chi connectivity index (χ0) is 24.6. The molecule has 4 rings (SSSR count). The molecule has 0 amide bonds. The van der Waals surface area contributed by atoms with Crippen molar-refractivity contribution in [3.05, 3.63) is 85.8 Å². The van der Waals surface area contributed by atoms with Gasteiger partial charge in [-0.3, -0.25) is 24.3 Å². The molecule has 0 saturated carbocycles. The molecule has 2 aromatic carbocycles. The van der Waals surface area contributed by atoms with Crippen molar-refractivity contribution in [2.45, 2.75) is 28.0 Å². The number of nitro benzene ring substituents is 1.